The van der Waals surface area contributed by atoms with Gasteiger partial charge in [0.25, 0.3) is 0 Å². The molecule has 7 heteroatoms. The summed E-state index contributed by atoms with van der Waals surface area (Å²) in [6.45, 7) is 2.96. The van der Waals surface area contributed by atoms with Crippen LogP contribution in [0, 0.1) is 0 Å². The number of rotatable bonds is 6. The first-order valence-corrected chi connectivity index (χ1v) is 9.39. The molecule has 0 aliphatic carbocycles. The van der Waals surface area contributed by atoms with Crippen molar-refractivity contribution in [3.63, 3.8) is 0 Å². The van der Waals surface area contributed by atoms with Crippen molar-refractivity contribution >= 4 is 22.9 Å². The Balaban J connectivity index is 1.67. The van der Waals surface area contributed by atoms with E-state index in [1.807, 2.05) is 34.5 Å². The Morgan fingerprint density at radius 2 is 1.69 bits per heavy atom. The van der Waals surface area contributed by atoms with E-state index in [-0.39, 0.29) is 5.91 Å². The first-order valence-electron chi connectivity index (χ1n) is 8.51. The van der Waals surface area contributed by atoms with Gasteiger partial charge in [-0.2, -0.15) is 0 Å². The largest absolute Gasteiger partial charge is 0.493 e. The van der Waals surface area contributed by atoms with Gasteiger partial charge in [0, 0.05) is 48.9 Å². The van der Waals surface area contributed by atoms with Crippen LogP contribution in [-0.2, 0) is 11.2 Å². The number of hydrogen-bond donors (Lipinski definition) is 0. The molecule has 1 aromatic heterocycles. The predicted molar refractivity (Wildman–Crippen MR) is 103 cm³/mol. The number of anilines is 1. The molecule has 0 bridgehead atoms. The Morgan fingerprint density at radius 1 is 1.04 bits per heavy atom. The minimum atomic E-state index is 0.192. The molecule has 1 aliphatic heterocycles. The minimum absolute atomic E-state index is 0.192. The van der Waals surface area contributed by atoms with Gasteiger partial charge in [-0.25, -0.2) is 0 Å². The molecule has 0 N–H and O–H groups in total. The van der Waals surface area contributed by atoms with Gasteiger partial charge in [-0.05, 0) is 11.4 Å². The summed E-state index contributed by atoms with van der Waals surface area (Å²) >= 11 is 1.63. The van der Waals surface area contributed by atoms with Crippen LogP contribution >= 0.6 is 11.3 Å². The monoisotopic (exact) mass is 376 g/mol. The quantitative estimate of drug-likeness (QED) is 0.776. The van der Waals surface area contributed by atoms with Gasteiger partial charge in [0.1, 0.15) is 0 Å². The van der Waals surface area contributed by atoms with Crippen molar-refractivity contribution in [2.75, 3.05) is 52.4 Å². The SMILES string of the molecule is COc1cc(N2CCN(C(=O)Cc3cccs3)CC2)cc(OC)c1OC. The lowest BCUT2D eigenvalue weighted by molar-refractivity contribution is -0.130. The number of nitrogens with zero attached hydrogens (tertiary/aromatic N) is 2. The lowest BCUT2D eigenvalue weighted by Gasteiger charge is -2.36. The van der Waals surface area contributed by atoms with E-state index in [0.29, 0.717) is 36.8 Å². The first kappa shape index (κ1) is 18.4. The standard InChI is InChI=1S/C19H24N2O4S/c1-23-16-11-14(12-17(24-2)19(16)25-3)20-6-8-21(9-7-20)18(22)13-15-5-4-10-26-15/h4-5,10-12H,6-9,13H2,1-3H3. The molecule has 26 heavy (non-hydrogen) atoms. The van der Waals surface area contributed by atoms with Crippen LogP contribution in [0.2, 0.25) is 0 Å². The molecule has 1 aliphatic rings. The highest BCUT2D eigenvalue weighted by Gasteiger charge is 2.23. The van der Waals surface area contributed by atoms with Crippen LogP contribution in [0.3, 0.4) is 0 Å². The fourth-order valence-corrected chi connectivity index (χ4v) is 3.83. The summed E-state index contributed by atoms with van der Waals surface area (Å²) in [5.41, 5.74) is 1.00. The van der Waals surface area contributed by atoms with Gasteiger partial charge in [0.2, 0.25) is 11.7 Å². The second-order valence-corrected chi connectivity index (χ2v) is 7.04. The average Bonchev–Trinajstić information content (AvgIpc) is 3.19. The molecule has 6 nitrogen and oxygen atoms in total. The summed E-state index contributed by atoms with van der Waals surface area (Å²) in [5.74, 6) is 2.05. The van der Waals surface area contributed by atoms with E-state index < -0.39 is 0 Å². The lowest BCUT2D eigenvalue weighted by atomic mass is 10.2. The predicted octanol–water partition coefficient (Wildman–Crippen LogP) is 2.67. The van der Waals surface area contributed by atoms with E-state index in [0.717, 1.165) is 23.7 Å². The molecular formula is C19H24N2O4S. The van der Waals surface area contributed by atoms with Crippen LogP contribution in [0.25, 0.3) is 0 Å². The molecule has 1 amide bonds. The Bertz CT molecular complexity index is 715. The number of methoxy groups -OCH3 is 3. The smallest absolute Gasteiger partial charge is 0.227 e. The van der Waals surface area contributed by atoms with E-state index >= 15 is 0 Å². The number of benzene rings is 1. The van der Waals surface area contributed by atoms with Crippen molar-refractivity contribution in [1.29, 1.82) is 0 Å². The lowest BCUT2D eigenvalue weighted by Crippen LogP contribution is -2.49. The van der Waals surface area contributed by atoms with Gasteiger partial charge in [0.15, 0.2) is 11.5 Å². The van der Waals surface area contributed by atoms with Crippen molar-refractivity contribution in [3.8, 4) is 17.2 Å². The topological polar surface area (TPSA) is 51.2 Å². The number of hydrogen-bond acceptors (Lipinski definition) is 6. The third-order valence-corrected chi connectivity index (χ3v) is 5.43. The zero-order valence-electron chi connectivity index (χ0n) is 15.4. The molecule has 1 saturated heterocycles. The third kappa shape index (κ3) is 3.88. The highest BCUT2D eigenvalue weighted by Crippen LogP contribution is 2.41. The normalized spacial score (nSPS) is 14.3. The van der Waals surface area contributed by atoms with Crippen LogP contribution in [-0.4, -0.2) is 58.3 Å². The van der Waals surface area contributed by atoms with Gasteiger partial charge < -0.3 is 24.0 Å². The van der Waals surface area contributed by atoms with Crippen molar-refractivity contribution in [2.24, 2.45) is 0 Å². The van der Waals surface area contributed by atoms with Gasteiger partial charge in [-0.3, -0.25) is 4.79 Å². The number of carbonyl (C=O) groups excluding carboxylic acids is 1. The molecule has 1 fully saturated rings. The molecule has 0 saturated carbocycles. The van der Waals surface area contributed by atoms with E-state index in [1.54, 1.807) is 32.7 Å². The fourth-order valence-electron chi connectivity index (χ4n) is 3.14. The number of piperazine rings is 1. The summed E-state index contributed by atoms with van der Waals surface area (Å²) in [6, 6.07) is 7.89. The van der Waals surface area contributed by atoms with Gasteiger partial charge in [0.05, 0.1) is 27.8 Å². The Labute approximate surface area is 157 Å². The number of thiophene rings is 1. The summed E-state index contributed by atoms with van der Waals surface area (Å²) in [4.78, 5) is 17.7. The highest BCUT2D eigenvalue weighted by molar-refractivity contribution is 7.10. The minimum Gasteiger partial charge on any atom is -0.493 e. The highest BCUT2D eigenvalue weighted by atomic mass is 32.1. The summed E-state index contributed by atoms with van der Waals surface area (Å²) < 4.78 is 16.2. The Hall–Kier alpha value is -2.41. The van der Waals surface area contributed by atoms with Crippen molar-refractivity contribution in [1.82, 2.24) is 4.90 Å². The van der Waals surface area contributed by atoms with Crippen molar-refractivity contribution in [3.05, 3.63) is 34.5 Å². The number of ether oxygens (including phenoxy) is 3. The molecule has 0 radical (unpaired) electrons. The van der Waals surface area contributed by atoms with Gasteiger partial charge in [-0.1, -0.05) is 6.07 Å². The fraction of sp³-hybridized carbons (Fsp3) is 0.421. The maximum Gasteiger partial charge on any atom is 0.227 e. The molecule has 1 aromatic carbocycles. The third-order valence-electron chi connectivity index (χ3n) is 4.55. The van der Waals surface area contributed by atoms with Crippen molar-refractivity contribution < 1.29 is 19.0 Å². The van der Waals surface area contributed by atoms with Gasteiger partial charge >= 0.3 is 0 Å². The Morgan fingerprint density at radius 3 is 2.19 bits per heavy atom. The molecular weight excluding hydrogens is 352 g/mol. The summed E-state index contributed by atoms with van der Waals surface area (Å²) in [5, 5.41) is 2.00. The van der Waals surface area contributed by atoms with Crippen LogP contribution in [0.4, 0.5) is 5.69 Å². The summed E-state index contributed by atoms with van der Waals surface area (Å²) in [7, 11) is 4.82. The molecule has 2 aromatic rings. The molecule has 0 atom stereocenters. The molecule has 140 valence electrons. The van der Waals surface area contributed by atoms with E-state index in [1.165, 1.54) is 0 Å². The maximum atomic E-state index is 12.5. The van der Waals surface area contributed by atoms with E-state index in [2.05, 4.69) is 4.90 Å². The zero-order chi connectivity index (χ0) is 18.5. The molecule has 2 heterocycles. The second-order valence-electron chi connectivity index (χ2n) is 6.01. The van der Waals surface area contributed by atoms with Crippen LogP contribution in [0.1, 0.15) is 4.88 Å². The van der Waals surface area contributed by atoms with Crippen LogP contribution < -0.4 is 19.1 Å². The number of carbonyl (C=O) groups is 1. The van der Waals surface area contributed by atoms with Crippen LogP contribution in [0.15, 0.2) is 29.6 Å². The first-order chi connectivity index (χ1) is 12.7. The average molecular weight is 376 g/mol. The molecule has 3 rings (SSSR count). The number of amides is 1. The zero-order valence-corrected chi connectivity index (χ0v) is 16.2. The van der Waals surface area contributed by atoms with Crippen molar-refractivity contribution in [2.45, 2.75) is 6.42 Å². The van der Waals surface area contributed by atoms with Gasteiger partial charge in [-0.15, -0.1) is 11.3 Å². The van der Waals surface area contributed by atoms with E-state index in [9.17, 15) is 4.79 Å². The molecule has 0 unspecified atom stereocenters. The second kappa shape index (κ2) is 8.31. The Kier molecular flexibility index (Phi) is 5.88. The summed E-state index contributed by atoms with van der Waals surface area (Å²) in [6.07, 6.45) is 0.488. The maximum absolute atomic E-state index is 12.5. The molecule has 0 spiro atoms. The van der Waals surface area contributed by atoms with E-state index in [4.69, 9.17) is 14.2 Å². The van der Waals surface area contributed by atoms with Crippen LogP contribution in [0.5, 0.6) is 17.2 Å².